The molecule has 7 nitrogen and oxygen atoms in total. The van der Waals surface area contributed by atoms with E-state index in [1.54, 1.807) is 30.5 Å². The average Bonchev–Trinajstić information content (AvgIpc) is 2.53. The Balaban J connectivity index is 1.92. The van der Waals surface area contributed by atoms with Crippen LogP contribution >= 0.6 is 0 Å². The van der Waals surface area contributed by atoms with Gasteiger partial charge in [0.15, 0.2) is 0 Å². The molecule has 0 bridgehead atoms. The quantitative estimate of drug-likeness (QED) is 0.369. The zero-order valence-corrected chi connectivity index (χ0v) is 12.2. The Kier molecular flexibility index (Phi) is 5.40. The summed E-state index contributed by atoms with van der Waals surface area (Å²) >= 11 is 0. The lowest BCUT2D eigenvalue weighted by Gasteiger charge is -1.99. The van der Waals surface area contributed by atoms with Crippen LogP contribution in [0.2, 0.25) is 0 Å². The third kappa shape index (κ3) is 4.37. The summed E-state index contributed by atoms with van der Waals surface area (Å²) < 4.78 is 0. The number of rotatable bonds is 6. The van der Waals surface area contributed by atoms with Crippen molar-refractivity contribution in [2.24, 2.45) is 9.98 Å². The number of phenolic OH excluding ortho intramolecular Hbond substituents is 2. The maximum atomic E-state index is 10.7. The summed E-state index contributed by atoms with van der Waals surface area (Å²) in [6, 6.07) is 11.1. The molecule has 0 unspecified atom stereocenters. The summed E-state index contributed by atoms with van der Waals surface area (Å²) in [6.45, 7) is 0.743. The van der Waals surface area contributed by atoms with Gasteiger partial charge in [0.25, 0.3) is 0 Å². The van der Waals surface area contributed by atoms with Crippen molar-refractivity contribution in [3.05, 3.63) is 63.7 Å². The van der Waals surface area contributed by atoms with Crippen molar-refractivity contribution in [2.75, 3.05) is 13.1 Å². The minimum absolute atomic E-state index is 0.154. The summed E-state index contributed by atoms with van der Waals surface area (Å²) in [7, 11) is 0. The van der Waals surface area contributed by atoms with Gasteiger partial charge in [0.2, 0.25) is 5.75 Å². The first-order chi connectivity index (χ1) is 11.1. The standard InChI is InChI=1S/C16H15N3O4/c20-15-7-2-1-4-12(15)10-17-8-9-18-11-13-5-3-6-14(16(13)21)19(22)23/h1-7,10-11,20-21H,8-9H2. The smallest absolute Gasteiger partial charge is 0.311 e. The summed E-state index contributed by atoms with van der Waals surface area (Å²) in [5.41, 5.74) is 0.545. The molecule has 0 saturated carbocycles. The number of phenols is 2. The number of para-hydroxylation sites is 2. The number of hydrogen-bond acceptors (Lipinski definition) is 6. The Morgan fingerprint density at radius 1 is 0.957 bits per heavy atom. The van der Waals surface area contributed by atoms with E-state index >= 15 is 0 Å². The molecule has 0 spiro atoms. The van der Waals surface area contributed by atoms with Crippen molar-refractivity contribution >= 4 is 18.1 Å². The van der Waals surface area contributed by atoms with Crippen molar-refractivity contribution in [1.29, 1.82) is 0 Å². The zero-order chi connectivity index (χ0) is 16.7. The molecule has 0 heterocycles. The van der Waals surface area contributed by atoms with Crippen LogP contribution in [0.15, 0.2) is 52.4 Å². The lowest BCUT2D eigenvalue weighted by atomic mass is 10.2. The van der Waals surface area contributed by atoms with Gasteiger partial charge in [0.05, 0.1) is 18.0 Å². The minimum Gasteiger partial charge on any atom is -0.507 e. The van der Waals surface area contributed by atoms with E-state index in [-0.39, 0.29) is 17.0 Å². The molecule has 0 atom stereocenters. The zero-order valence-electron chi connectivity index (χ0n) is 12.2. The SMILES string of the molecule is O=[N+]([O-])c1cccc(C=NCCN=Cc2ccccc2O)c1O. The monoisotopic (exact) mass is 313 g/mol. The molecule has 0 saturated heterocycles. The van der Waals surface area contributed by atoms with Gasteiger partial charge < -0.3 is 10.2 Å². The maximum absolute atomic E-state index is 10.7. The Bertz CT molecular complexity index is 757. The summed E-state index contributed by atoms with van der Waals surface area (Å²) in [5.74, 6) is -0.250. The van der Waals surface area contributed by atoms with E-state index in [4.69, 9.17) is 0 Å². The van der Waals surface area contributed by atoms with Crippen LogP contribution in [0.4, 0.5) is 5.69 Å². The van der Waals surface area contributed by atoms with E-state index in [0.29, 0.717) is 18.7 Å². The van der Waals surface area contributed by atoms with Crippen molar-refractivity contribution in [3.63, 3.8) is 0 Å². The maximum Gasteiger partial charge on any atom is 0.311 e. The highest BCUT2D eigenvalue weighted by Gasteiger charge is 2.14. The number of nitrogens with zero attached hydrogens (tertiary/aromatic N) is 3. The van der Waals surface area contributed by atoms with Crippen LogP contribution in [0.1, 0.15) is 11.1 Å². The van der Waals surface area contributed by atoms with Gasteiger partial charge in [-0.25, -0.2) is 0 Å². The second-order valence-electron chi connectivity index (χ2n) is 4.60. The average molecular weight is 313 g/mol. The van der Waals surface area contributed by atoms with Crippen molar-refractivity contribution in [1.82, 2.24) is 0 Å². The second-order valence-corrected chi connectivity index (χ2v) is 4.60. The van der Waals surface area contributed by atoms with E-state index in [2.05, 4.69) is 9.98 Å². The first-order valence-electron chi connectivity index (χ1n) is 6.83. The van der Waals surface area contributed by atoms with E-state index in [1.165, 1.54) is 24.4 Å². The topological polar surface area (TPSA) is 108 Å². The van der Waals surface area contributed by atoms with E-state index < -0.39 is 10.7 Å². The summed E-state index contributed by atoms with van der Waals surface area (Å²) in [4.78, 5) is 18.3. The molecule has 0 aliphatic rings. The van der Waals surface area contributed by atoms with Gasteiger partial charge in [-0.15, -0.1) is 0 Å². The lowest BCUT2D eigenvalue weighted by molar-refractivity contribution is -0.385. The highest BCUT2D eigenvalue weighted by Crippen LogP contribution is 2.27. The number of hydrogen-bond donors (Lipinski definition) is 2. The number of benzene rings is 2. The molecule has 2 rings (SSSR count). The molecule has 0 fully saturated rings. The van der Waals surface area contributed by atoms with Crippen LogP contribution in [0, 0.1) is 10.1 Å². The molecule has 0 aliphatic carbocycles. The molecule has 0 amide bonds. The molecule has 0 aliphatic heterocycles. The predicted octanol–water partition coefficient (Wildman–Crippen LogP) is 2.54. The largest absolute Gasteiger partial charge is 0.507 e. The van der Waals surface area contributed by atoms with Crippen molar-refractivity contribution in [3.8, 4) is 11.5 Å². The van der Waals surface area contributed by atoms with Gasteiger partial charge in [-0.05, 0) is 18.2 Å². The molecule has 2 N–H and O–H groups in total. The first-order valence-corrected chi connectivity index (χ1v) is 6.83. The third-order valence-corrected chi connectivity index (χ3v) is 3.00. The Morgan fingerprint density at radius 3 is 2.22 bits per heavy atom. The second kappa shape index (κ2) is 7.69. The van der Waals surface area contributed by atoms with Gasteiger partial charge in [0, 0.05) is 29.6 Å². The van der Waals surface area contributed by atoms with Gasteiger partial charge in [0.1, 0.15) is 5.75 Å². The highest BCUT2D eigenvalue weighted by atomic mass is 16.6. The number of aromatic hydroxyl groups is 2. The van der Waals surface area contributed by atoms with Gasteiger partial charge in [-0.3, -0.25) is 20.1 Å². The summed E-state index contributed by atoms with van der Waals surface area (Å²) in [5, 5.41) is 30.0. The Labute approximate surface area is 132 Å². The van der Waals surface area contributed by atoms with E-state index in [0.717, 1.165) is 0 Å². The molecule has 0 radical (unpaired) electrons. The minimum atomic E-state index is -0.650. The normalized spacial score (nSPS) is 11.3. The molecule has 23 heavy (non-hydrogen) atoms. The van der Waals surface area contributed by atoms with E-state index in [9.17, 15) is 20.3 Å². The van der Waals surface area contributed by atoms with Gasteiger partial charge in [-0.1, -0.05) is 18.2 Å². The molecule has 2 aromatic carbocycles. The first kappa shape index (κ1) is 16.2. The molecule has 7 heteroatoms. The molecular formula is C16H15N3O4. The van der Waals surface area contributed by atoms with Crippen LogP contribution in [0.5, 0.6) is 11.5 Å². The van der Waals surface area contributed by atoms with Crippen LogP contribution in [0.3, 0.4) is 0 Å². The van der Waals surface area contributed by atoms with Crippen LogP contribution in [-0.2, 0) is 0 Å². The number of aliphatic imine (C=N–C) groups is 2. The van der Waals surface area contributed by atoms with Crippen LogP contribution in [0.25, 0.3) is 0 Å². The van der Waals surface area contributed by atoms with Crippen molar-refractivity contribution < 1.29 is 15.1 Å². The number of nitro groups is 1. The fourth-order valence-electron chi connectivity index (χ4n) is 1.84. The fourth-order valence-corrected chi connectivity index (χ4v) is 1.84. The number of nitro benzene ring substituents is 1. The van der Waals surface area contributed by atoms with Crippen LogP contribution < -0.4 is 0 Å². The highest BCUT2D eigenvalue weighted by molar-refractivity contribution is 5.85. The molecular weight excluding hydrogens is 298 g/mol. The van der Waals surface area contributed by atoms with Crippen LogP contribution in [-0.4, -0.2) is 40.7 Å². The van der Waals surface area contributed by atoms with Gasteiger partial charge in [-0.2, -0.15) is 0 Å². The third-order valence-electron chi connectivity index (χ3n) is 3.00. The molecule has 118 valence electrons. The lowest BCUT2D eigenvalue weighted by Crippen LogP contribution is -1.93. The Hall–Kier alpha value is -3.22. The van der Waals surface area contributed by atoms with Crippen molar-refractivity contribution in [2.45, 2.75) is 0 Å². The summed E-state index contributed by atoms with van der Waals surface area (Å²) in [6.07, 6.45) is 2.92. The molecule has 2 aromatic rings. The fraction of sp³-hybridized carbons (Fsp3) is 0.125. The Morgan fingerprint density at radius 2 is 1.57 bits per heavy atom. The van der Waals surface area contributed by atoms with Gasteiger partial charge >= 0.3 is 5.69 Å². The molecule has 0 aromatic heterocycles. The predicted molar refractivity (Wildman–Crippen MR) is 87.8 cm³/mol. The van der Waals surface area contributed by atoms with E-state index in [1.807, 2.05) is 0 Å².